The summed E-state index contributed by atoms with van der Waals surface area (Å²) in [6, 6.07) is 12.3. The van der Waals surface area contributed by atoms with E-state index in [1.807, 2.05) is 35.1 Å². The highest BCUT2D eigenvalue weighted by Crippen LogP contribution is 2.25. The van der Waals surface area contributed by atoms with E-state index in [0.29, 0.717) is 32.6 Å². The molecular formula is C26H31N3O2. The molecule has 0 saturated carbocycles. The van der Waals surface area contributed by atoms with E-state index in [2.05, 4.69) is 41.4 Å². The smallest absolute Gasteiger partial charge is 0.227 e. The summed E-state index contributed by atoms with van der Waals surface area (Å²) in [5.41, 5.74) is 3.31. The summed E-state index contributed by atoms with van der Waals surface area (Å²) in [6.07, 6.45) is 11.3. The van der Waals surface area contributed by atoms with Gasteiger partial charge in [0.2, 0.25) is 11.8 Å². The number of nitrogens with zero attached hydrogens (tertiary/aromatic N) is 3. The highest BCUT2D eigenvalue weighted by molar-refractivity contribution is 5.83. The Hall–Kier alpha value is -2.95. The number of amides is 2. The Morgan fingerprint density at radius 1 is 1.10 bits per heavy atom. The molecule has 2 aliphatic rings. The molecule has 1 aliphatic carbocycles. The third kappa shape index (κ3) is 5.04. The minimum Gasteiger partial charge on any atom is -0.341 e. The van der Waals surface area contributed by atoms with Crippen molar-refractivity contribution in [1.29, 1.82) is 0 Å². The first kappa shape index (κ1) is 21.3. The lowest BCUT2D eigenvalue weighted by molar-refractivity contribution is -0.136. The van der Waals surface area contributed by atoms with Crippen molar-refractivity contribution in [1.82, 2.24) is 14.8 Å². The number of benzene rings is 1. The first-order valence-electron chi connectivity index (χ1n) is 11.4. The van der Waals surface area contributed by atoms with Gasteiger partial charge in [0, 0.05) is 44.5 Å². The van der Waals surface area contributed by atoms with E-state index in [1.165, 1.54) is 0 Å². The molecule has 0 radical (unpaired) electrons. The molecule has 2 amide bonds. The topological polar surface area (TPSA) is 53.5 Å². The summed E-state index contributed by atoms with van der Waals surface area (Å²) in [5, 5.41) is 0. The van der Waals surface area contributed by atoms with Crippen molar-refractivity contribution < 1.29 is 9.59 Å². The maximum atomic E-state index is 13.2. The maximum absolute atomic E-state index is 13.2. The minimum atomic E-state index is -0.199. The normalized spacial score (nSPS) is 21.8. The van der Waals surface area contributed by atoms with Gasteiger partial charge in [-0.1, -0.05) is 42.5 Å². The lowest BCUT2D eigenvalue weighted by Crippen LogP contribution is -2.41. The average Bonchev–Trinajstić information content (AvgIpc) is 2.99. The molecule has 1 aromatic carbocycles. The molecule has 1 aliphatic heterocycles. The summed E-state index contributed by atoms with van der Waals surface area (Å²) >= 11 is 0. The number of likely N-dealkylation sites (N-methyl/N-ethyl adjacent to an activating group) is 1. The van der Waals surface area contributed by atoms with E-state index in [0.717, 1.165) is 36.0 Å². The number of aromatic nitrogens is 1. The van der Waals surface area contributed by atoms with Crippen LogP contribution in [0.5, 0.6) is 0 Å². The molecule has 0 spiro atoms. The van der Waals surface area contributed by atoms with Gasteiger partial charge in [-0.05, 0) is 55.4 Å². The van der Waals surface area contributed by atoms with Gasteiger partial charge in [-0.15, -0.1) is 0 Å². The fourth-order valence-electron chi connectivity index (χ4n) is 4.64. The number of carbonyl (C=O) groups is 2. The summed E-state index contributed by atoms with van der Waals surface area (Å²) in [7, 11) is 0. The number of allylic oxidation sites excluding steroid dienone is 2. The quantitative estimate of drug-likeness (QED) is 0.692. The zero-order valence-electron chi connectivity index (χ0n) is 18.2. The second-order valence-electron chi connectivity index (χ2n) is 8.52. The molecule has 1 saturated heterocycles. The van der Waals surface area contributed by atoms with Crippen molar-refractivity contribution in [2.24, 2.45) is 11.8 Å². The first-order valence-corrected chi connectivity index (χ1v) is 11.4. The molecule has 2 aromatic rings. The van der Waals surface area contributed by atoms with E-state index in [-0.39, 0.29) is 23.7 Å². The van der Waals surface area contributed by atoms with Crippen molar-refractivity contribution >= 4 is 11.8 Å². The number of rotatable bonds is 5. The SMILES string of the molecule is CCN1CCN(C(=O)[C@H]2CC=CCC2)C[C@@H](Cc2ccc(-c3cccnc3)cc2)C1=O. The molecule has 31 heavy (non-hydrogen) atoms. The van der Waals surface area contributed by atoms with Crippen LogP contribution in [-0.4, -0.2) is 52.8 Å². The lowest BCUT2D eigenvalue weighted by Gasteiger charge is -2.28. The molecule has 0 bridgehead atoms. The fourth-order valence-corrected chi connectivity index (χ4v) is 4.64. The van der Waals surface area contributed by atoms with E-state index >= 15 is 0 Å². The van der Waals surface area contributed by atoms with Crippen molar-refractivity contribution in [3.63, 3.8) is 0 Å². The van der Waals surface area contributed by atoms with Gasteiger partial charge >= 0.3 is 0 Å². The standard InChI is InChI=1S/C26H31N3O2/c1-2-28-15-16-29(25(30)22-7-4-3-5-8-22)19-24(26(28)31)17-20-10-12-21(13-11-20)23-9-6-14-27-18-23/h3-4,6,9-14,18,22,24H,2,5,7-8,15-17,19H2,1H3/t22-,24+/m0/s1. The van der Waals surface area contributed by atoms with Crippen LogP contribution in [0.25, 0.3) is 11.1 Å². The summed E-state index contributed by atoms with van der Waals surface area (Å²) in [5.74, 6) is 0.243. The molecule has 0 N–H and O–H groups in total. The van der Waals surface area contributed by atoms with Crippen molar-refractivity contribution in [3.05, 3.63) is 66.5 Å². The second kappa shape index (κ2) is 9.90. The molecular weight excluding hydrogens is 386 g/mol. The van der Waals surface area contributed by atoms with Crippen LogP contribution in [0.4, 0.5) is 0 Å². The average molecular weight is 418 g/mol. The number of hydrogen-bond donors (Lipinski definition) is 0. The van der Waals surface area contributed by atoms with E-state index in [1.54, 1.807) is 6.20 Å². The first-order chi connectivity index (χ1) is 15.2. The second-order valence-corrected chi connectivity index (χ2v) is 8.52. The Labute approximate surface area is 184 Å². The Morgan fingerprint density at radius 2 is 1.94 bits per heavy atom. The zero-order chi connectivity index (χ0) is 21.6. The number of carbonyl (C=O) groups excluding carboxylic acids is 2. The van der Waals surface area contributed by atoms with E-state index in [4.69, 9.17) is 0 Å². The van der Waals surface area contributed by atoms with Gasteiger partial charge < -0.3 is 9.80 Å². The van der Waals surface area contributed by atoms with Crippen LogP contribution in [0.2, 0.25) is 0 Å². The molecule has 1 aromatic heterocycles. The van der Waals surface area contributed by atoms with Gasteiger partial charge in [-0.2, -0.15) is 0 Å². The van der Waals surface area contributed by atoms with Crippen molar-refractivity contribution in [2.75, 3.05) is 26.2 Å². The molecule has 5 heteroatoms. The van der Waals surface area contributed by atoms with Crippen molar-refractivity contribution in [2.45, 2.75) is 32.6 Å². The van der Waals surface area contributed by atoms with Crippen LogP contribution < -0.4 is 0 Å². The Kier molecular flexibility index (Phi) is 6.80. The molecule has 5 nitrogen and oxygen atoms in total. The van der Waals surface area contributed by atoms with Crippen LogP contribution >= 0.6 is 0 Å². The molecule has 4 rings (SSSR count). The molecule has 0 unspecified atom stereocenters. The largest absolute Gasteiger partial charge is 0.341 e. The minimum absolute atomic E-state index is 0.0627. The lowest BCUT2D eigenvalue weighted by atomic mass is 9.92. The Bertz CT molecular complexity index is 923. The Morgan fingerprint density at radius 3 is 2.61 bits per heavy atom. The maximum Gasteiger partial charge on any atom is 0.227 e. The van der Waals surface area contributed by atoms with Gasteiger partial charge in [0.05, 0.1) is 5.92 Å². The van der Waals surface area contributed by atoms with Gasteiger partial charge in [-0.25, -0.2) is 0 Å². The molecule has 2 atom stereocenters. The van der Waals surface area contributed by atoms with Crippen LogP contribution in [0, 0.1) is 11.8 Å². The predicted molar refractivity (Wildman–Crippen MR) is 122 cm³/mol. The van der Waals surface area contributed by atoms with E-state index < -0.39 is 0 Å². The highest BCUT2D eigenvalue weighted by atomic mass is 16.2. The van der Waals surface area contributed by atoms with Crippen molar-refractivity contribution in [3.8, 4) is 11.1 Å². The Balaban J connectivity index is 1.49. The summed E-state index contributed by atoms with van der Waals surface area (Å²) in [6.45, 7) is 4.47. The fraction of sp³-hybridized carbons (Fsp3) is 0.423. The molecule has 1 fully saturated rings. The van der Waals surface area contributed by atoms with Crippen LogP contribution in [-0.2, 0) is 16.0 Å². The van der Waals surface area contributed by atoms with Gasteiger partial charge in [0.25, 0.3) is 0 Å². The van der Waals surface area contributed by atoms with Crippen LogP contribution in [0.1, 0.15) is 31.7 Å². The number of pyridine rings is 1. The van der Waals surface area contributed by atoms with Gasteiger partial charge in [-0.3, -0.25) is 14.6 Å². The highest BCUT2D eigenvalue weighted by Gasteiger charge is 2.34. The molecule has 2 heterocycles. The van der Waals surface area contributed by atoms with Gasteiger partial charge in [0.15, 0.2) is 0 Å². The molecule has 162 valence electrons. The van der Waals surface area contributed by atoms with Gasteiger partial charge in [0.1, 0.15) is 0 Å². The predicted octanol–water partition coefficient (Wildman–Crippen LogP) is 3.95. The third-order valence-electron chi connectivity index (χ3n) is 6.48. The summed E-state index contributed by atoms with van der Waals surface area (Å²) < 4.78 is 0. The van der Waals surface area contributed by atoms with Crippen LogP contribution in [0.15, 0.2) is 60.9 Å². The zero-order valence-corrected chi connectivity index (χ0v) is 18.2. The summed E-state index contributed by atoms with van der Waals surface area (Å²) in [4.78, 5) is 34.4. The number of hydrogen-bond acceptors (Lipinski definition) is 3. The van der Waals surface area contributed by atoms with Crippen LogP contribution in [0.3, 0.4) is 0 Å². The van der Waals surface area contributed by atoms with E-state index in [9.17, 15) is 9.59 Å². The monoisotopic (exact) mass is 417 g/mol. The third-order valence-corrected chi connectivity index (χ3v) is 6.48.